The molecule has 1 aliphatic carbocycles. The van der Waals surface area contributed by atoms with E-state index in [2.05, 4.69) is 4.79 Å². The highest BCUT2D eigenvalue weighted by Crippen LogP contribution is 2.29. The summed E-state index contributed by atoms with van der Waals surface area (Å²) >= 11 is 0. The van der Waals surface area contributed by atoms with Crippen molar-refractivity contribution in [1.29, 1.82) is 0 Å². The predicted octanol–water partition coefficient (Wildman–Crippen LogP) is 0.601. The highest BCUT2D eigenvalue weighted by molar-refractivity contribution is 7.74. The molecule has 0 atom stereocenters. The van der Waals surface area contributed by atoms with Gasteiger partial charge in [0, 0.05) is 0 Å². The Bertz CT molecular complexity index is 265. The SMILES string of the molecule is [N-]=[N+]=CC1([SH](=O)=O)CCCCC1. The minimum absolute atomic E-state index is 0.593. The van der Waals surface area contributed by atoms with Crippen LogP contribution in [0.3, 0.4) is 0 Å². The van der Waals surface area contributed by atoms with Crippen molar-refractivity contribution in [3.05, 3.63) is 5.53 Å². The Labute approximate surface area is 73.2 Å². The molecule has 0 bridgehead atoms. The van der Waals surface area contributed by atoms with Crippen LogP contribution in [0.5, 0.6) is 0 Å². The maximum Gasteiger partial charge on any atom is 0.278 e. The normalized spacial score (nSPS) is 21.8. The molecule has 68 valence electrons. The van der Waals surface area contributed by atoms with Gasteiger partial charge in [-0.1, -0.05) is 19.3 Å². The lowest BCUT2D eigenvalue weighted by molar-refractivity contribution is -0.00294. The molecule has 0 aromatic rings. The van der Waals surface area contributed by atoms with Crippen molar-refractivity contribution in [2.75, 3.05) is 0 Å². The van der Waals surface area contributed by atoms with E-state index in [1.165, 1.54) is 0 Å². The molecule has 0 aromatic carbocycles. The van der Waals surface area contributed by atoms with Crippen LogP contribution in [0.1, 0.15) is 32.1 Å². The molecule has 0 aliphatic heterocycles. The second-order valence-electron chi connectivity index (χ2n) is 3.17. The molecule has 1 saturated carbocycles. The zero-order chi connectivity index (χ0) is 9.03. The average molecular weight is 188 g/mol. The fourth-order valence-electron chi connectivity index (χ4n) is 1.63. The summed E-state index contributed by atoms with van der Waals surface area (Å²) in [5, 5.41) is 0. The summed E-state index contributed by atoms with van der Waals surface area (Å²) in [4.78, 5) is 2.84. The summed E-state index contributed by atoms with van der Waals surface area (Å²) < 4.78 is 20.9. The van der Waals surface area contributed by atoms with Crippen LogP contribution in [0.4, 0.5) is 0 Å². The molecular formula is C7H12N2O2S. The van der Waals surface area contributed by atoms with Crippen LogP contribution >= 0.6 is 0 Å². The van der Waals surface area contributed by atoms with Gasteiger partial charge in [-0.05, 0) is 12.8 Å². The van der Waals surface area contributed by atoms with Crippen molar-refractivity contribution in [2.45, 2.75) is 36.9 Å². The van der Waals surface area contributed by atoms with Gasteiger partial charge in [-0.3, -0.25) is 0 Å². The summed E-state index contributed by atoms with van der Waals surface area (Å²) in [6.07, 6.45) is 5.22. The first-order valence-corrected chi connectivity index (χ1v) is 5.22. The van der Waals surface area contributed by atoms with Crippen LogP contribution in [0.15, 0.2) is 0 Å². The third-order valence-corrected chi connectivity index (χ3v) is 3.67. The van der Waals surface area contributed by atoms with Gasteiger partial charge in [-0.2, -0.15) is 4.79 Å². The van der Waals surface area contributed by atoms with Gasteiger partial charge in [0.2, 0.25) is 0 Å². The van der Waals surface area contributed by atoms with E-state index in [-0.39, 0.29) is 0 Å². The van der Waals surface area contributed by atoms with Gasteiger partial charge >= 0.3 is 0 Å². The lowest BCUT2D eigenvalue weighted by atomic mass is 9.89. The largest absolute Gasteiger partial charge is 0.362 e. The molecule has 1 rings (SSSR count). The average Bonchev–Trinajstić information content (AvgIpc) is 2.06. The van der Waals surface area contributed by atoms with Crippen LogP contribution in [0, 0.1) is 0 Å². The van der Waals surface area contributed by atoms with E-state index in [9.17, 15) is 8.42 Å². The van der Waals surface area contributed by atoms with E-state index in [0.717, 1.165) is 25.5 Å². The molecule has 0 radical (unpaired) electrons. The fraction of sp³-hybridized carbons (Fsp3) is 0.857. The van der Waals surface area contributed by atoms with Gasteiger partial charge < -0.3 is 5.53 Å². The topological polar surface area (TPSA) is 70.5 Å². The van der Waals surface area contributed by atoms with Gasteiger partial charge in [0.25, 0.3) is 6.21 Å². The van der Waals surface area contributed by atoms with Crippen molar-refractivity contribution in [3.8, 4) is 0 Å². The first-order valence-electron chi connectivity index (χ1n) is 4.04. The van der Waals surface area contributed by atoms with Gasteiger partial charge in [-0.25, -0.2) is 8.42 Å². The molecule has 1 fully saturated rings. The Balaban J connectivity index is 2.91. The van der Waals surface area contributed by atoms with Gasteiger partial charge in [0.15, 0.2) is 15.5 Å². The number of hydrogen-bond acceptors (Lipinski definition) is 2. The van der Waals surface area contributed by atoms with E-state index in [1.54, 1.807) is 0 Å². The van der Waals surface area contributed by atoms with E-state index < -0.39 is 15.5 Å². The maximum absolute atomic E-state index is 10.9. The first kappa shape index (κ1) is 9.42. The lowest BCUT2D eigenvalue weighted by Gasteiger charge is -2.23. The molecular weight excluding hydrogens is 176 g/mol. The van der Waals surface area contributed by atoms with Gasteiger partial charge in [-0.15, -0.1) is 0 Å². The molecule has 4 nitrogen and oxygen atoms in total. The number of rotatable bonds is 2. The van der Waals surface area contributed by atoms with Crippen LogP contribution in [-0.2, 0) is 10.7 Å². The molecule has 0 unspecified atom stereocenters. The Kier molecular flexibility index (Phi) is 3.00. The van der Waals surface area contributed by atoms with Crippen LogP contribution in [0.25, 0.3) is 5.53 Å². The minimum atomic E-state index is -2.52. The second kappa shape index (κ2) is 3.83. The second-order valence-corrected chi connectivity index (χ2v) is 4.57. The number of nitrogens with zero attached hydrogens (tertiary/aromatic N) is 2. The first-order chi connectivity index (χ1) is 5.71. The van der Waals surface area contributed by atoms with Crippen molar-refractivity contribution >= 4 is 16.9 Å². The summed E-state index contributed by atoms with van der Waals surface area (Å²) in [5.41, 5.74) is 8.33. The summed E-state index contributed by atoms with van der Waals surface area (Å²) in [7, 11) is -2.52. The Morgan fingerprint density at radius 2 is 1.83 bits per heavy atom. The van der Waals surface area contributed by atoms with Crippen molar-refractivity contribution in [2.24, 2.45) is 0 Å². The van der Waals surface area contributed by atoms with Crippen molar-refractivity contribution in [3.63, 3.8) is 0 Å². The molecule has 0 saturated heterocycles. The van der Waals surface area contributed by atoms with Gasteiger partial charge in [0.05, 0.1) is 0 Å². The highest BCUT2D eigenvalue weighted by atomic mass is 32.2. The molecule has 0 spiro atoms. The zero-order valence-electron chi connectivity index (χ0n) is 6.77. The van der Waals surface area contributed by atoms with Crippen molar-refractivity contribution in [1.82, 2.24) is 0 Å². The molecule has 12 heavy (non-hydrogen) atoms. The third-order valence-electron chi connectivity index (χ3n) is 2.38. The quantitative estimate of drug-likeness (QED) is 0.298. The van der Waals surface area contributed by atoms with E-state index in [1.807, 2.05) is 0 Å². The molecule has 0 aromatic heterocycles. The monoisotopic (exact) mass is 188 g/mol. The smallest absolute Gasteiger partial charge is 0.278 e. The Hall–Kier alpha value is -0.670. The summed E-state index contributed by atoms with van der Waals surface area (Å²) in [6, 6.07) is 0. The molecule has 0 amide bonds. The van der Waals surface area contributed by atoms with Crippen molar-refractivity contribution < 1.29 is 13.2 Å². The third kappa shape index (κ3) is 1.73. The summed E-state index contributed by atoms with van der Waals surface area (Å²) in [6.45, 7) is 0. The molecule has 1 aliphatic rings. The van der Waals surface area contributed by atoms with Crippen LogP contribution < -0.4 is 0 Å². The number of thiol groups is 1. The van der Waals surface area contributed by atoms with Gasteiger partial charge in [0.1, 0.15) is 0 Å². The fourth-order valence-corrected chi connectivity index (χ4v) is 2.46. The standard InChI is InChI=1S/C7H12N2O2S/c8-9-6-7(12(10)11)4-2-1-3-5-7/h6,12H,1-5H2. The maximum atomic E-state index is 10.9. The molecule has 0 N–H and O–H groups in total. The highest BCUT2D eigenvalue weighted by Gasteiger charge is 2.38. The van der Waals surface area contributed by atoms with E-state index >= 15 is 0 Å². The molecule has 5 heteroatoms. The van der Waals surface area contributed by atoms with Crippen LogP contribution in [0.2, 0.25) is 0 Å². The van der Waals surface area contributed by atoms with E-state index in [0.29, 0.717) is 12.8 Å². The Morgan fingerprint density at radius 1 is 1.25 bits per heavy atom. The zero-order valence-corrected chi connectivity index (χ0v) is 7.67. The minimum Gasteiger partial charge on any atom is -0.362 e. The Morgan fingerprint density at radius 3 is 2.25 bits per heavy atom. The predicted molar refractivity (Wildman–Crippen MR) is 45.8 cm³/mol. The summed E-state index contributed by atoms with van der Waals surface area (Å²) in [5.74, 6) is 0. The van der Waals surface area contributed by atoms with E-state index in [4.69, 9.17) is 5.53 Å². The molecule has 0 heterocycles. The number of hydrogen-bond donors (Lipinski definition) is 1. The van der Waals surface area contributed by atoms with Crippen LogP contribution in [-0.4, -0.2) is 24.2 Å². The lowest BCUT2D eigenvalue weighted by Crippen LogP contribution is -2.35.